The van der Waals surface area contributed by atoms with Crippen molar-refractivity contribution in [1.29, 1.82) is 0 Å². The summed E-state index contributed by atoms with van der Waals surface area (Å²) in [5.74, 6) is 0.218. The summed E-state index contributed by atoms with van der Waals surface area (Å²) in [6, 6.07) is 10.1. The van der Waals surface area contributed by atoms with Crippen LogP contribution in [0.4, 0.5) is 0 Å². The molecule has 0 saturated heterocycles. The molecule has 1 rings (SSSR count). The SMILES string of the molecule is C=CC(C=C)C(C)=[C]c1ccccc1. The van der Waals surface area contributed by atoms with Crippen LogP contribution < -0.4 is 0 Å². The summed E-state index contributed by atoms with van der Waals surface area (Å²) in [4.78, 5) is 0. The fourth-order valence-corrected chi connectivity index (χ4v) is 1.28. The third-order valence-electron chi connectivity index (χ3n) is 2.12. The zero-order chi connectivity index (χ0) is 10.4. The van der Waals surface area contributed by atoms with Crippen molar-refractivity contribution in [1.82, 2.24) is 0 Å². The average molecular weight is 183 g/mol. The molecule has 0 bridgehead atoms. The first-order valence-electron chi connectivity index (χ1n) is 4.68. The van der Waals surface area contributed by atoms with Crippen molar-refractivity contribution in [3.63, 3.8) is 0 Å². The molecule has 0 N–H and O–H groups in total. The van der Waals surface area contributed by atoms with Gasteiger partial charge >= 0.3 is 0 Å². The molecule has 0 heteroatoms. The second kappa shape index (κ2) is 5.23. The second-order valence-electron chi connectivity index (χ2n) is 3.17. The quantitative estimate of drug-likeness (QED) is 0.623. The summed E-state index contributed by atoms with van der Waals surface area (Å²) < 4.78 is 0. The van der Waals surface area contributed by atoms with Gasteiger partial charge in [0.15, 0.2) is 0 Å². The first-order chi connectivity index (χ1) is 6.77. The summed E-state index contributed by atoms with van der Waals surface area (Å²) >= 11 is 0. The first-order valence-corrected chi connectivity index (χ1v) is 4.68. The Balaban J connectivity index is 2.88. The smallest absolute Gasteiger partial charge is 0.0158 e. The minimum absolute atomic E-state index is 0.218. The fraction of sp³-hybridized carbons (Fsp3) is 0.143. The van der Waals surface area contributed by atoms with Crippen LogP contribution in [0.1, 0.15) is 12.5 Å². The Morgan fingerprint density at radius 2 is 1.79 bits per heavy atom. The van der Waals surface area contributed by atoms with Crippen molar-refractivity contribution in [2.24, 2.45) is 5.92 Å². The molecule has 0 aliphatic heterocycles. The average Bonchev–Trinajstić information content (AvgIpc) is 2.21. The molecule has 1 aromatic carbocycles. The van der Waals surface area contributed by atoms with E-state index < -0.39 is 0 Å². The number of rotatable bonds is 4. The first kappa shape index (κ1) is 10.5. The van der Waals surface area contributed by atoms with Crippen molar-refractivity contribution in [2.45, 2.75) is 6.92 Å². The van der Waals surface area contributed by atoms with Crippen LogP contribution in [0.15, 0.2) is 61.2 Å². The molecule has 0 amide bonds. The maximum atomic E-state index is 3.76. The summed E-state index contributed by atoms with van der Waals surface area (Å²) in [6.07, 6.45) is 7.06. The molecule has 0 heterocycles. The maximum absolute atomic E-state index is 3.76. The lowest BCUT2D eigenvalue weighted by molar-refractivity contribution is 0.965. The van der Waals surface area contributed by atoms with E-state index in [1.54, 1.807) is 0 Å². The standard InChI is InChI=1S/C14H15/c1-4-14(5-2)12(3)11-13-9-7-6-8-10-13/h4-10,14H,1-2H2,3H3. The number of hydrogen-bond acceptors (Lipinski definition) is 0. The molecule has 0 aromatic heterocycles. The third-order valence-corrected chi connectivity index (χ3v) is 2.12. The molecule has 14 heavy (non-hydrogen) atoms. The molecular formula is C14H15. The van der Waals surface area contributed by atoms with Gasteiger partial charge in [-0.1, -0.05) is 48.1 Å². The molecule has 1 aromatic rings. The van der Waals surface area contributed by atoms with E-state index in [-0.39, 0.29) is 5.92 Å². The van der Waals surface area contributed by atoms with Gasteiger partial charge in [0, 0.05) is 5.92 Å². The van der Waals surface area contributed by atoms with Gasteiger partial charge in [0.1, 0.15) is 0 Å². The summed E-state index contributed by atoms with van der Waals surface area (Å²) in [5, 5.41) is 0. The van der Waals surface area contributed by atoms with E-state index in [0.717, 1.165) is 11.1 Å². The van der Waals surface area contributed by atoms with Gasteiger partial charge in [-0.15, -0.1) is 13.2 Å². The molecule has 0 aliphatic rings. The fourth-order valence-electron chi connectivity index (χ4n) is 1.28. The van der Waals surface area contributed by atoms with Gasteiger partial charge in [0.2, 0.25) is 0 Å². The molecule has 0 spiro atoms. The summed E-state index contributed by atoms with van der Waals surface area (Å²) in [6.45, 7) is 9.57. The zero-order valence-electron chi connectivity index (χ0n) is 8.53. The predicted octanol–water partition coefficient (Wildman–Crippen LogP) is 3.77. The van der Waals surface area contributed by atoms with Crippen molar-refractivity contribution in [3.05, 3.63) is 72.9 Å². The Bertz CT molecular complexity index is 322. The van der Waals surface area contributed by atoms with E-state index in [0.29, 0.717) is 0 Å². The van der Waals surface area contributed by atoms with Crippen LogP contribution in [-0.4, -0.2) is 0 Å². The van der Waals surface area contributed by atoms with Gasteiger partial charge in [0.05, 0.1) is 0 Å². The highest BCUT2D eigenvalue weighted by atomic mass is 14.0. The van der Waals surface area contributed by atoms with Gasteiger partial charge in [-0.05, 0) is 18.6 Å². The maximum Gasteiger partial charge on any atom is 0.0158 e. The predicted molar refractivity (Wildman–Crippen MR) is 61.9 cm³/mol. The van der Waals surface area contributed by atoms with Crippen molar-refractivity contribution in [3.8, 4) is 0 Å². The summed E-state index contributed by atoms with van der Waals surface area (Å²) in [5.41, 5.74) is 2.24. The Kier molecular flexibility index (Phi) is 3.93. The van der Waals surface area contributed by atoms with Gasteiger partial charge in [-0.3, -0.25) is 0 Å². The van der Waals surface area contributed by atoms with E-state index in [2.05, 4.69) is 19.2 Å². The van der Waals surface area contributed by atoms with Crippen molar-refractivity contribution < 1.29 is 0 Å². The van der Waals surface area contributed by atoms with E-state index in [4.69, 9.17) is 0 Å². The molecule has 71 valence electrons. The lowest BCUT2D eigenvalue weighted by Crippen LogP contribution is -1.93. The molecule has 0 fully saturated rings. The van der Waals surface area contributed by atoms with Crippen LogP contribution in [0.5, 0.6) is 0 Å². The Morgan fingerprint density at radius 1 is 1.21 bits per heavy atom. The largest absolute Gasteiger partial charge is 0.102 e. The molecule has 0 aliphatic carbocycles. The molecule has 0 saturated carbocycles. The lowest BCUT2D eigenvalue weighted by atomic mass is 9.98. The Hall–Kier alpha value is -1.56. The van der Waals surface area contributed by atoms with E-state index in [1.807, 2.05) is 49.4 Å². The normalized spacial score (nSPS) is 11.4. The second-order valence-corrected chi connectivity index (χ2v) is 3.17. The molecular weight excluding hydrogens is 168 g/mol. The molecule has 0 unspecified atom stereocenters. The number of hydrogen-bond donors (Lipinski definition) is 0. The van der Waals surface area contributed by atoms with E-state index in [1.165, 1.54) is 0 Å². The highest BCUT2D eigenvalue weighted by Gasteiger charge is 2.00. The Labute approximate surface area is 86.3 Å². The van der Waals surface area contributed by atoms with Crippen molar-refractivity contribution in [2.75, 3.05) is 0 Å². The lowest BCUT2D eigenvalue weighted by Gasteiger charge is -2.06. The van der Waals surface area contributed by atoms with Crippen LogP contribution >= 0.6 is 0 Å². The van der Waals surface area contributed by atoms with Crippen LogP contribution in [0.25, 0.3) is 0 Å². The van der Waals surface area contributed by atoms with Gasteiger partial charge in [-0.2, -0.15) is 0 Å². The number of allylic oxidation sites excluding steroid dienone is 3. The topological polar surface area (TPSA) is 0 Å². The monoisotopic (exact) mass is 183 g/mol. The van der Waals surface area contributed by atoms with Gasteiger partial charge in [0.25, 0.3) is 0 Å². The highest BCUT2D eigenvalue weighted by molar-refractivity contribution is 5.27. The minimum Gasteiger partial charge on any atom is -0.102 e. The Morgan fingerprint density at radius 3 is 2.29 bits per heavy atom. The highest BCUT2D eigenvalue weighted by Crippen LogP contribution is 2.14. The molecule has 1 radical (unpaired) electrons. The van der Waals surface area contributed by atoms with E-state index in [9.17, 15) is 0 Å². The van der Waals surface area contributed by atoms with Crippen molar-refractivity contribution >= 4 is 0 Å². The molecule has 0 atom stereocenters. The number of benzene rings is 1. The zero-order valence-corrected chi connectivity index (χ0v) is 8.53. The van der Waals surface area contributed by atoms with Gasteiger partial charge < -0.3 is 0 Å². The van der Waals surface area contributed by atoms with Crippen LogP contribution in [0.2, 0.25) is 0 Å². The minimum atomic E-state index is 0.218. The van der Waals surface area contributed by atoms with Crippen LogP contribution in [-0.2, 0) is 0 Å². The van der Waals surface area contributed by atoms with Gasteiger partial charge in [-0.25, -0.2) is 0 Å². The van der Waals surface area contributed by atoms with E-state index >= 15 is 0 Å². The summed E-state index contributed by atoms with van der Waals surface area (Å²) in [7, 11) is 0. The third kappa shape index (κ3) is 2.74. The van der Waals surface area contributed by atoms with Crippen LogP contribution in [0.3, 0.4) is 0 Å². The van der Waals surface area contributed by atoms with Crippen LogP contribution in [0, 0.1) is 12.0 Å². The molecule has 0 nitrogen and oxygen atoms in total.